The summed E-state index contributed by atoms with van der Waals surface area (Å²) >= 11 is 0. The third-order valence-electron chi connectivity index (χ3n) is 7.66. The van der Waals surface area contributed by atoms with E-state index >= 15 is 0 Å². The van der Waals surface area contributed by atoms with Crippen molar-refractivity contribution in [2.45, 2.75) is 71.0 Å². The van der Waals surface area contributed by atoms with E-state index < -0.39 is 34.1 Å². The Kier molecular flexibility index (Phi) is 10.5. The predicted molar refractivity (Wildman–Crippen MR) is 180 cm³/mol. The molecule has 0 aliphatic carbocycles. The summed E-state index contributed by atoms with van der Waals surface area (Å²) < 4.78 is 29.6. The lowest BCUT2D eigenvalue weighted by molar-refractivity contribution is -0.140. The van der Waals surface area contributed by atoms with Crippen LogP contribution >= 0.6 is 0 Å². The number of carbonyl (C=O) groups excluding carboxylic acids is 2. The van der Waals surface area contributed by atoms with Gasteiger partial charge in [-0.15, -0.1) is 0 Å². The van der Waals surface area contributed by atoms with Crippen LogP contribution in [0, 0.1) is 20.8 Å². The first kappa shape index (κ1) is 33.5. The molecule has 0 saturated carbocycles. The van der Waals surface area contributed by atoms with Crippen LogP contribution in [-0.4, -0.2) is 43.3 Å². The lowest BCUT2D eigenvalue weighted by atomic mass is 10.0. The highest BCUT2D eigenvalue weighted by atomic mass is 32.2. The minimum absolute atomic E-state index is 0.0789. The van der Waals surface area contributed by atoms with Crippen molar-refractivity contribution in [1.82, 2.24) is 10.2 Å². The van der Waals surface area contributed by atoms with Gasteiger partial charge in [-0.2, -0.15) is 0 Å². The molecule has 0 aromatic heterocycles. The molecule has 0 saturated heterocycles. The number of nitrogens with one attached hydrogen (secondary N) is 1. The Morgan fingerprint density at radius 2 is 1.38 bits per heavy atom. The fourth-order valence-corrected chi connectivity index (χ4v) is 6.75. The number of sulfonamides is 1. The fraction of sp³-hybridized carbons (Fsp3) is 0.297. The highest BCUT2D eigenvalue weighted by Gasteiger charge is 2.36. The van der Waals surface area contributed by atoms with Crippen LogP contribution in [0.4, 0.5) is 5.69 Å². The summed E-state index contributed by atoms with van der Waals surface area (Å²) in [4.78, 5) is 30.2. The van der Waals surface area contributed by atoms with Crippen molar-refractivity contribution in [3.8, 4) is 0 Å². The van der Waals surface area contributed by atoms with E-state index in [0.717, 1.165) is 27.8 Å². The molecule has 7 nitrogen and oxygen atoms in total. The molecular formula is C37H43N3O4S. The van der Waals surface area contributed by atoms with Crippen LogP contribution < -0.4 is 9.62 Å². The van der Waals surface area contributed by atoms with Crippen molar-refractivity contribution in [3.05, 3.63) is 131 Å². The van der Waals surface area contributed by atoms with Crippen LogP contribution in [0.1, 0.15) is 48.6 Å². The molecule has 2 amide bonds. The second-order valence-corrected chi connectivity index (χ2v) is 14.4. The van der Waals surface area contributed by atoms with Gasteiger partial charge in [-0.1, -0.05) is 90.5 Å². The molecule has 4 rings (SSSR count). The number of anilines is 1. The van der Waals surface area contributed by atoms with Gasteiger partial charge in [0.15, 0.2) is 0 Å². The van der Waals surface area contributed by atoms with Crippen LogP contribution in [0.15, 0.2) is 108 Å². The second-order valence-electron chi connectivity index (χ2n) is 12.5. The maximum Gasteiger partial charge on any atom is 0.264 e. The number of hydrogen-bond donors (Lipinski definition) is 1. The standard InChI is InChI=1S/C37H43N3O4S/c1-27-15-13-19-31(23-27)25-39(34(36(42)38-37(4,5)6)24-30-17-9-7-10-18-30)35(41)26-40(33-22-14-16-28(2)29(33)3)45(43,44)32-20-11-8-12-21-32/h7-23,34H,24-26H2,1-6H3,(H,38,42)/t34-/m0/s1. The minimum atomic E-state index is -4.15. The van der Waals surface area contributed by atoms with Crippen molar-refractivity contribution in [1.29, 1.82) is 0 Å². The predicted octanol–water partition coefficient (Wildman–Crippen LogP) is 6.36. The number of nitrogens with zero attached hydrogens (tertiary/aromatic N) is 2. The number of hydrogen-bond acceptors (Lipinski definition) is 4. The van der Waals surface area contributed by atoms with Gasteiger partial charge in [-0.25, -0.2) is 8.42 Å². The molecule has 4 aromatic rings. The van der Waals surface area contributed by atoms with Crippen molar-refractivity contribution in [2.24, 2.45) is 0 Å². The van der Waals surface area contributed by atoms with Gasteiger partial charge in [-0.3, -0.25) is 13.9 Å². The Morgan fingerprint density at radius 1 is 0.778 bits per heavy atom. The zero-order valence-corrected chi connectivity index (χ0v) is 27.8. The van der Waals surface area contributed by atoms with Crippen molar-refractivity contribution >= 4 is 27.5 Å². The van der Waals surface area contributed by atoms with E-state index in [0.29, 0.717) is 5.69 Å². The average molecular weight is 626 g/mol. The third kappa shape index (κ3) is 8.60. The largest absolute Gasteiger partial charge is 0.350 e. The van der Waals surface area contributed by atoms with E-state index in [1.807, 2.05) is 102 Å². The fourth-order valence-electron chi connectivity index (χ4n) is 5.25. The topological polar surface area (TPSA) is 86.8 Å². The zero-order chi connectivity index (χ0) is 32.8. The molecule has 0 aliphatic rings. The van der Waals surface area contributed by atoms with E-state index in [1.54, 1.807) is 30.3 Å². The first-order valence-electron chi connectivity index (χ1n) is 15.1. The average Bonchev–Trinajstić information content (AvgIpc) is 2.99. The van der Waals surface area contributed by atoms with Gasteiger partial charge in [-0.05, 0) is 82.0 Å². The van der Waals surface area contributed by atoms with Crippen LogP contribution in [0.3, 0.4) is 0 Å². The molecule has 236 valence electrons. The normalized spacial score (nSPS) is 12.3. The van der Waals surface area contributed by atoms with E-state index in [-0.39, 0.29) is 23.8 Å². The summed E-state index contributed by atoms with van der Waals surface area (Å²) in [7, 11) is -4.15. The lowest BCUT2D eigenvalue weighted by Gasteiger charge is -2.35. The molecule has 1 atom stereocenters. The second kappa shape index (κ2) is 14.1. The quantitative estimate of drug-likeness (QED) is 0.210. The van der Waals surface area contributed by atoms with Crippen LogP contribution in [0.2, 0.25) is 0 Å². The molecule has 0 heterocycles. The number of carbonyl (C=O) groups is 2. The minimum Gasteiger partial charge on any atom is -0.350 e. The summed E-state index contributed by atoms with van der Waals surface area (Å²) in [5, 5.41) is 3.06. The van der Waals surface area contributed by atoms with E-state index in [9.17, 15) is 18.0 Å². The van der Waals surface area contributed by atoms with Crippen LogP contribution in [-0.2, 0) is 32.6 Å². The van der Waals surface area contributed by atoms with Gasteiger partial charge in [0, 0.05) is 18.5 Å². The lowest BCUT2D eigenvalue weighted by Crippen LogP contribution is -2.56. The number of benzene rings is 4. The SMILES string of the molecule is Cc1cccc(CN(C(=O)CN(c2cccc(C)c2C)S(=O)(=O)c2ccccc2)[C@@H](Cc2ccccc2)C(=O)NC(C)(C)C)c1. The van der Waals surface area contributed by atoms with Gasteiger partial charge in [0.2, 0.25) is 11.8 Å². The van der Waals surface area contributed by atoms with Gasteiger partial charge in [0.05, 0.1) is 10.6 Å². The first-order chi connectivity index (χ1) is 21.3. The highest BCUT2D eigenvalue weighted by molar-refractivity contribution is 7.92. The Bertz CT molecular complexity index is 1730. The van der Waals surface area contributed by atoms with E-state index in [4.69, 9.17) is 0 Å². The van der Waals surface area contributed by atoms with Gasteiger partial charge < -0.3 is 10.2 Å². The summed E-state index contributed by atoms with van der Waals surface area (Å²) in [5.41, 5.74) is 4.26. The van der Waals surface area contributed by atoms with Crippen LogP contribution in [0.5, 0.6) is 0 Å². The smallest absolute Gasteiger partial charge is 0.264 e. The molecule has 0 radical (unpaired) electrons. The Hall–Kier alpha value is -4.43. The molecule has 0 bridgehead atoms. The van der Waals surface area contributed by atoms with Crippen LogP contribution in [0.25, 0.3) is 0 Å². The van der Waals surface area contributed by atoms with Gasteiger partial charge in [0.1, 0.15) is 12.6 Å². The number of rotatable bonds is 11. The third-order valence-corrected chi connectivity index (χ3v) is 9.43. The number of amides is 2. The Balaban J connectivity index is 1.84. The summed E-state index contributed by atoms with van der Waals surface area (Å²) in [6.45, 7) is 11.1. The zero-order valence-electron chi connectivity index (χ0n) is 26.9. The number of aryl methyl sites for hydroxylation is 2. The first-order valence-corrected chi connectivity index (χ1v) is 16.6. The van der Waals surface area contributed by atoms with Crippen molar-refractivity contribution < 1.29 is 18.0 Å². The Labute approximate surface area is 268 Å². The van der Waals surface area contributed by atoms with Crippen molar-refractivity contribution in [2.75, 3.05) is 10.8 Å². The molecule has 0 fully saturated rings. The Morgan fingerprint density at radius 3 is 2.00 bits per heavy atom. The van der Waals surface area contributed by atoms with E-state index in [2.05, 4.69) is 5.32 Å². The maximum atomic E-state index is 14.6. The molecule has 4 aromatic carbocycles. The molecule has 1 N–H and O–H groups in total. The molecule has 8 heteroatoms. The molecular weight excluding hydrogens is 582 g/mol. The monoisotopic (exact) mass is 625 g/mol. The van der Waals surface area contributed by atoms with E-state index in [1.165, 1.54) is 21.3 Å². The van der Waals surface area contributed by atoms with Gasteiger partial charge >= 0.3 is 0 Å². The molecule has 0 aliphatic heterocycles. The maximum absolute atomic E-state index is 14.6. The summed E-state index contributed by atoms with van der Waals surface area (Å²) in [6, 6.07) is 30.0. The van der Waals surface area contributed by atoms with Crippen molar-refractivity contribution in [3.63, 3.8) is 0 Å². The molecule has 0 unspecified atom stereocenters. The highest BCUT2D eigenvalue weighted by Crippen LogP contribution is 2.29. The molecule has 0 spiro atoms. The van der Waals surface area contributed by atoms with Gasteiger partial charge in [0.25, 0.3) is 10.0 Å². The summed E-state index contributed by atoms with van der Waals surface area (Å²) in [6.07, 6.45) is 0.259. The molecule has 45 heavy (non-hydrogen) atoms. The summed E-state index contributed by atoms with van der Waals surface area (Å²) in [5.74, 6) is -0.793.